The Bertz CT molecular complexity index is 654. The molecule has 0 atom stereocenters. The SMILES string of the molecule is Nc1nc2ccccc2c2c(N)[nH]cc12. The number of aromatic amines is 1. The van der Waals surface area contributed by atoms with Crippen molar-refractivity contribution in [2.24, 2.45) is 0 Å². The highest BCUT2D eigenvalue weighted by Crippen LogP contribution is 2.31. The molecule has 74 valence electrons. The normalized spacial score (nSPS) is 11.2. The number of hydrogen-bond acceptors (Lipinski definition) is 3. The lowest BCUT2D eigenvalue weighted by molar-refractivity contribution is 1.42. The van der Waals surface area contributed by atoms with E-state index in [9.17, 15) is 0 Å². The van der Waals surface area contributed by atoms with Crippen LogP contribution in [0.15, 0.2) is 30.5 Å². The largest absolute Gasteiger partial charge is 0.385 e. The van der Waals surface area contributed by atoms with E-state index in [0.717, 1.165) is 21.7 Å². The Morgan fingerprint density at radius 3 is 2.73 bits per heavy atom. The van der Waals surface area contributed by atoms with Crippen LogP contribution >= 0.6 is 0 Å². The summed E-state index contributed by atoms with van der Waals surface area (Å²) in [5, 5.41) is 2.87. The second-order valence-corrected chi connectivity index (χ2v) is 3.51. The van der Waals surface area contributed by atoms with Gasteiger partial charge in [0, 0.05) is 22.4 Å². The molecule has 0 aliphatic rings. The number of benzene rings is 1. The van der Waals surface area contributed by atoms with E-state index in [0.29, 0.717) is 11.6 Å². The Morgan fingerprint density at radius 2 is 1.87 bits per heavy atom. The average Bonchev–Trinajstić information content (AvgIpc) is 2.62. The molecule has 3 aromatic rings. The lowest BCUT2D eigenvalue weighted by Gasteiger charge is -2.02. The van der Waals surface area contributed by atoms with Crippen LogP contribution in [0, 0.1) is 0 Å². The van der Waals surface area contributed by atoms with E-state index in [1.807, 2.05) is 24.3 Å². The number of para-hydroxylation sites is 1. The summed E-state index contributed by atoms with van der Waals surface area (Å²) in [5.41, 5.74) is 12.6. The van der Waals surface area contributed by atoms with Gasteiger partial charge in [-0.05, 0) is 6.07 Å². The lowest BCUT2D eigenvalue weighted by Crippen LogP contribution is -1.92. The minimum absolute atomic E-state index is 0.511. The van der Waals surface area contributed by atoms with E-state index in [2.05, 4.69) is 9.97 Å². The number of H-pyrrole nitrogens is 1. The number of anilines is 2. The van der Waals surface area contributed by atoms with Crippen LogP contribution in [0.4, 0.5) is 11.6 Å². The van der Waals surface area contributed by atoms with Gasteiger partial charge in [0.05, 0.1) is 5.52 Å². The molecule has 2 heterocycles. The molecule has 0 bridgehead atoms. The number of nitrogen functional groups attached to an aromatic ring is 2. The molecule has 0 saturated carbocycles. The molecule has 5 N–H and O–H groups in total. The van der Waals surface area contributed by atoms with Crippen LogP contribution in [0.5, 0.6) is 0 Å². The molecule has 0 fully saturated rings. The van der Waals surface area contributed by atoms with Crippen LogP contribution in [0.3, 0.4) is 0 Å². The summed E-state index contributed by atoms with van der Waals surface area (Å²) in [6.45, 7) is 0. The Morgan fingerprint density at radius 1 is 1.07 bits per heavy atom. The molecular weight excluding hydrogens is 188 g/mol. The van der Waals surface area contributed by atoms with Crippen molar-refractivity contribution in [3.8, 4) is 0 Å². The van der Waals surface area contributed by atoms with Crippen LogP contribution in [0.25, 0.3) is 21.7 Å². The van der Waals surface area contributed by atoms with Crippen LogP contribution < -0.4 is 11.5 Å². The number of fused-ring (bicyclic) bond motifs is 3. The number of hydrogen-bond donors (Lipinski definition) is 3. The molecule has 1 aromatic carbocycles. The van der Waals surface area contributed by atoms with Crippen LogP contribution in [0.2, 0.25) is 0 Å². The second kappa shape index (κ2) is 2.63. The summed E-state index contributed by atoms with van der Waals surface area (Å²) >= 11 is 0. The van der Waals surface area contributed by atoms with Gasteiger partial charge < -0.3 is 16.5 Å². The van der Waals surface area contributed by atoms with E-state index in [4.69, 9.17) is 11.5 Å². The summed E-state index contributed by atoms with van der Waals surface area (Å²) in [7, 11) is 0. The lowest BCUT2D eigenvalue weighted by atomic mass is 10.1. The smallest absolute Gasteiger partial charge is 0.133 e. The zero-order valence-corrected chi connectivity index (χ0v) is 7.99. The van der Waals surface area contributed by atoms with Crippen molar-refractivity contribution in [1.29, 1.82) is 0 Å². The van der Waals surface area contributed by atoms with E-state index in [1.165, 1.54) is 0 Å². The standard InChI is InChI=1S/C11H10N4/c12-10-7-5-14-11(13)9(7)6-3-1-2-4-8(6)15-10/h1-5,14H,13H2,(H2,12,15). The van der Waals surface area contributed by atoms with Gasteiger partial charge in [-0.3, -0.25) is 0 Å². The molecule has 0 aliphatic heterocycles. The van der Waals surface area contributed by atoms with Gasteiger partial charge in [-0.2, -0.15) is 0 Å². The Kier molecular flexibility index (Phi) is 1.42. The summed E-state index contributed by atoms with van der Waals surface area (Å²) in [6, 6.07) is 7.82. The molecule has 15 heavy (non-hydrogen) atoms. The molecule has 4 nitrogen and oxygen atoms in total. The van der Waals surface area contributed by atoms with Gasteiger partial charge in [-0.25, -0.2) is 4.98 Å². The fourth-order valence-corrected chi connectivity index (χ4v) is 1.90. The number of rotatable bonds is 0. The van der Waals surface area contributed by atoms with Gasteiger partial charge in [0.15, 0.2) is 0 Å². The number of aromatic nitrogens is 2. The van der Waals surface area contributed by atoms with E-state index in [1.54, 1.807) is 6.20 Å². The molecule has 4 heteroatoms. The van der Waals surface area contributed by atoms with Gasteiger partial charge in [-0.15, -0.1) is 0 Å². The van der Waals surface area contributed by atoms with Gasteiger partial charge in [0.25, 0.3) is 0 Å². The number of pyridine rings is 1. The first kappa shape index (κ1) is 8.11. The molecule has 0 radical (unpaired) electrons. The summed E-state index contributed by atoms with van der Waals surface area (Å²) < 4.78 is 0. The highest BCUT2D eigenvalue weighted by molar-refractivity contribution is 6.14. The highest BCUT2D eigenvalue weighted by Gasteiger charge is 2.09. The summed E-state index contributed by atoms with van der Waals surface area (Å²) in [6.07, 6.45) is 1.79. The van der Waals surface area contributed by atoms with Crippen LogP contribution in [-0.2, 0) is 0 Å². The maximum absolute atomic E-state index is 5.87. The number of nitrogens with one attached hydrogen (secondary N) is 1. The van der Waals surface area contributed by atoms with Crippen LogP contribution in [0.1, 0.15) is 0 Å². The third kappa shape index (κ3) is 0.985. The maximum atomic E-state index is 5.87. The number of nitrogens with two attached hydrogens (primary N) is 2. The minimum Gasteiger partial charge on any atom is -0.385 e. The quantitative estimate of drug-likeness (QED) is 0.516. The van der Waals surface area contributed by atoms with Gasteiger partial charge in [0.2, 0.25) is 0 Å². The fourth-order valence-electron chi connectivity index (χ4n) is 1.90. The fraction of sp³-hybridized carbons (Fsp3) is 0. The van der Waals surface area contributed by atoms with Crippen molar-refractivity contribution >= 4 is 33.3 Å². The van der Waals surface area contributed by atoms with Crippen LogP contribution in [-0.4, -0.2) is 9.97 Å². The molecule has 0 saturated heterocycles. The summed E-state index contributed by atoms with van der Waals surface area (Å²) in [4.78, 5) is 7.29. The number of nitrogens with zero attached hydrogens (tertiary/aromatic N) is 1. The summed E-state index contributed by atoms with van der Waals surface area (Å²) in [5.74, 6) is 1.15. The monoisotopic (exact) mass is 198 g/mol. The highest BCUT2D eigenvalue weighted by atomic mass is 14.9. The molecule has 0 amide bonds. The zero-order valence-electron chi connectivity index (χ0n) is 7.99. The second-order valence-electron chi connectivity index (χ2n) is 3.51. The van der Waals surface area contributed by atoms with Crippen molar-refractivity contribution in [3.05, 3.63) is 30.5 Å². The van der Waals surface area contributed by atoms with Gasteiger partial charge >= 0.3 is 0 Å². The average molecular weight is 198 g/mol. The zero-order chi connectivity index (χ0) is 10.4. The Labute approximate surface area is 85.9 Å². The molecule has 0 spiro atoms. The van der Waals surface area contributed by atoms with Gasteiger partial charge in [0.1, 0.15) is 11.6 Å². The molecule has 0 aliphatic carbocycles. The first-order valence-electron chi connectivity index (χ1n) is 4.68. The van der Waals surface area contributed by atoms with Crippen molar-refractivity contribution in [3.63, 3.8) is 0 Å². The van der Waals surface area contributed by atoms with Crippen molar-refractivity contribution in [2.45, 2.75) is 0 Å². The predicted molar refractivity (Wildman–Crippen MR) is 62.4 cm³/mol. The first-order chi connectivity index (χ1) is 7.27. The van der Waals surface area contributed by atoms with Crippen molar-refractivity contribution in [2.75, 3.05) is 11.5 Å². The van der Waals surface area contributed by atoms with Crippen molar-refractivity contribution in [1.82, 2.24) is 9.97 Å². The third-order valence-electron chi connectivity index (χ3n) is 2.60. The van der Waals surface area contributed by atoms with Crippen molar-refractivity contribution < 1.29 is 0 Å². The predicted octanol–water partition coefficient (Wildman–Crippen LogP) is 1.88. The molecule has 2 aromatic heterocycles. The molecule has 3 rings (SSSR count). The molecular formula is C11H10N4. The van der Waals surface area contributed by atoms with E-state index < -0.39 is 0 Å². The third-order valence-corrected chi connectivity index (χ3v) is 2.60. The Hall–Kier alpha value is -2.23. The van der Waals surface area contributed by atoms with E-state index in [-0.39, 0.29) is 0 Å². The topological polar surface area (TPSA) is 80.7 Å². The van der Waals surface area contributed by atoms with E-state index >= 15 is 0 Å². The minimum atomic E-state index is 0.511. The van der Waals surface area contributed by atoms with Gasteiger partial charge in [-0.1, -0.05) is 18.2 Å². The first-order valence-corrected chi connectivity index (χ1v) is 4.68. The molecule has 0 unspecified atom stereocenters. The maximum Gasteiger partial charge on any atom is 0.133 e. The Balaban J connectivity index is 2.67.